The molecular weight excluding hydrogens is 486 g/mol. The lowest BCUT2D eigenvalue weighted by Gasteiger charge is -2.32. The van der Waals surface area contributed by atoms with Crippen molar-refractivity contribution in [3.63, 3.8) is 0 Å². The Bertz CT molecular complexity index is 1350. The molecule has 186 valence electrons. The summed E-state index contributed by atoms with van der Waals surface area (Å²) >= 11 is 6.33. The van der Waals surface area contributed by atoms with Crippen molar-refractivity contribution in [1.82, 2.24) is 18.6 Å². The number of aromatic nitrogens is 3. The quantitative estimate of drug-likeness (QED) is 0.302. The van der Waals surface area contributed by atoms with Crippen molar-refractivity contribution >= 4 is 34.9 Å². The molecule has 35 heavy (non-hydrogen) atoms. The van der Waals surface area contributed by atoms with Crippen molar-refractivity contribution < 1.29 is 4.39 Å². The molecule has 0 spiro atoms. The Hall–Kier alpha value is -2.54. The minimum absolute atomic E-state index is 0. The van der Waals surface area contributed by atoms with Gasteiger partial charge in [0.15, 0.2) is 0 Å². The average molecular weight is 517 g/mol. The van der Waals surface area contributed by atoms with Gasteiger partial charge in [0, 0.05) is 53.8 Å². The second-order valence-electron chi connectivity index (χ2n) is 9.48. The molecule has 1 aliphatic rings. The zero-order chi connectivity index (χ0) is 23.8. The first-order chi connectivity index (χ1) is 16.4. The normalized spacial score (nSPS) is 15.1. The van der Waals surface area contributed by atoms with E-state index in [-0.39, 0.29) is 30.0 Å². The van der Waals surface area contributed by atoms with E-state index in [9.17, 15) is 9.18 Å². The molecule has 8 heteroatoms. The van der Waals surface area contributed by atoms with Crippen LogP contribution in [0, 0.1) is 5.82 Å². The summed E-state index contributed by atoms with van der Waals surface area (Å²) in [5.74, 6) is 0.209. The number of halogens is 3. The van der Waals surface area contributed by atoms with Crippen LogP contribution >= 0.6 is 24.0 Å². The highest BCUT2D eigenvalue weighted by atomic mass is 35.5. The molecule has 5 rings (SSSR count). The lowest BCUT2D eigenvalue weighted by atomic mass is 9.89. The molecule has 0 saturated carbocycles. The van der Waals surface area contributed by atoms with E-state index in [0.29, 0.717) is 17.5 Å². The van der Waals surface area contributed by atoms with Gasteiger partial charge in [-0.3, -0.25) is 9.13 Å². The summed E-state index contributed by atoms with van der Waals surface area (Å²) in [7, 11) is 0. The molecule has 5 nitrogen and oxygen atoms in total. The highest BCUT2D eigenvalue weighted by Gasteiger charge is 2.24. The van der Waals surface area contributed by atoms with Crippen molar-refractivity contribution in [3.8, 4) is 5.69 Å². The van der Waals surface area contributed by atoms with E-state index in [1.807, 2.05) is 42.9 Å². The SMILES string of the molecule is CC(C)n1ccn(CCN2CCC(c3cn(-c4ccc(F)cc4)c4cc(Cl)ccc34)CC2)c1=O.Cl. The highest BCUT2D eigenvalue weighted by Crippen LogP contribution is 2.36. The lowest BCUT2D eigenvalue weighted by molar-refractivity contribution is 0.205. The Labute approximate surface area is 216 Å². The van der Waals surface area contributed by atoms with Gasteiger partial charge in [0.2, 0.25) is 0 Å². The minimum atomic E-state index is -0.242. The number of piperidine rings is 1. The van der Waals surface area contributed by atoms with Crippen LogP contribution in [0.1, 0.15) is 44.2 Å². The fraction of sp³-hybridized carbons (Fsp3) is 0.370. The molecule has 0 bridgehead atoms. The Morgan fingerprint density at radius 3 is 2.40 bits per heavy atom. The molecule has 4 aromatic rings. The number of benzene rings is 2. The molecule has 0 radical (unpaired) electrons. The fourth-order valence-electron chi connectivity index (χ4n) is 5.08. The Morgan fingerprint density at radius 2 is 1.74 bits per heavy atom. The van der Waals surface area contributed by atoms with Gasteiger partial charge in [-0.2, -0.15) is 0 Å². The summed E-state index contributed by atoms with van der Waals surface area (Å²) in [5, 5.41) is 1.89. The fourth-order valence-corrected chi connectivity index (χ4v) is 5.24. The lowest BCUT2D eigenvalue weighted by Crippen LogP contribution is -2.37. The largest absolute Gasteiger partial charge is 0.328 e. The van der Waals surface area contributed by atoms with E-state index in [1.54, 1.807) is 16.7 Å². The van der Waals surface area contributed by atoms with Gasteiger partial charge in [0.1, 0.15) is 5.82 Å². The Morgan fingerprint density at radius 1 is 1.03 bits per heavy atom. The standard InChI is InChI=1S/C27H30ClFN4O.ClH/c1-19(2)32-16-15-31(27(32)34)14-13-30-11-9-20(10-12-30)25-18-33(23-6-4-22(29)5-7-23)26-17-21(28)3-8-24(25)26;/h3-8,15-20H,9-14H2,1-2H3;1H. The summed E-state index contributed by atoms with van der Waals surface area (Å²) in [5.41, 5.74) is 3.36. The van der Waals surface area contributed by atoms with Crippen molar-refractivity contribution in [2.75, 3.05) is 19.6 Å². The van der Waals surface area contributed by atoms with E-state index in [0.717, 1.165) is 43.7 Å². The number of rotatable bonds is 6. The van der Waals surface area contributed by atoms with Gasteiger partial charge >= 0.3 is 5.69 Å². The first-order valence-electron chi connectivity index (χ1n) is 12.0. The molecule has 1 saturated heterocycles. The van der Waals surface area contributed by atoms with Gasteiger partial charge in [-0.15, -0.1) is 12.4 Å². The molecule has 0 amide bonds. The van der Waals surface area contributed by atoms with Crippen molar-refractivity contribution in [2.45, 2.75) is 45.2 Å². The molecule has 0 N–H and O–H groups in total. The van der Waals surface area contributed by atoms with Gasteiger partial charge in [0.05, 0.1) is 5.52 Å². The number of hydrogen-bond donors (Lipinski definition) is 0. The van der Waals surface area contributed by atoms with Crippen LogP contribution in [-0.4, -0.2) is 38.2 Å². The molecular formula is C27H31Cl2FN4O. The van der Waals surface area contributed by atoms with E-state index < -0.39 is 0 Å². The van der Waals surface area contributed by atoms with Gasteiger partial charge in [-0.25, -0.2) is 9.18 Å². The molecule has 0 unspecified atom stereocenters. The smallest absolute Gasteiger partial charge is 0.316 e. The molecule has 3 heterocycles. The first kappa shape index (κ1) is 25.5. The number of fused-ring (bicyclic) bond motifs is 1. The van der Waals surface area contributed by atoms with Crippen molar-refractivity contribution in [1.29, 1.82) is 0 Å². The Kier molecular flexibility index (Phi) is 7.74. The van der Waals surface area contributed by atoms with Crippen molar-refractivity contribution in [2.24, 2.45) is 0 Å². The topological polar surface area (TPSA) is 35.1 Å². The van der Waals surface area contributed by atoms with Gasteiger partial charge in [-0.1, -0.05) is 17.7 Å². The van der Waals surface area contributed by atoms with E-state index in [2.05, 4.69) is 21.7 Å². The van der Waals surface area contributed by atoms with Crippen LogP contribution in [0.5, 0.6) is 0 Å². The third kappa shape index (κ3) is 5.20. The number of imidazole rings is 1. The number of nitrogens with zero attached hydrogens (tertiary/aromatic N) is 4. The molecule has 1 aliphatic heterocycles. The maximum absolute atomic E-state index is 13.5. The first-order valence-corrected chi connectivity index (χ1v) is 12.3. The third-order valence-electron chi connectivity index (χ3n) is 7.02. The summed E-state index contributed by atoms with van der Waals surface area (Å²) < 4.78 is 19.2. The second-order valence-corrected chi connectivity index (χ2v) is 9.92. The van der Waals surface area contributed by atoms with Gasteiger partial charge in [-0.05, 0) is 87.7 Å². The summed E-state index contributed by atoms with van der Waals surface area (Å²) in [6, 6.07) is 12.8. The highest BCUT2D eigenvalue weighted by molar-refractivity contribution is 6.31. The second kappa shape index (κ2) is 10.6. The zero-order valence-electron chi connectivity index (χ0n) is 20.0. The summed E-state index contributed by atoms with van der Waals surface area (Å²) in [4.78, 5) is 14.9. The molecule has 2 aromatic heterocycles. The van der Waals surface area contributed by atoms with Crippen LogP contribution in [0.2, 0.25) is 5.02 Å². The van der Waals surface area contributed by atoms with Crippen LogP contribution in [0.15, 0.2) is 65.8 Å². The molecule has 1 fully saturated rings. The number of hydrogen-bond acceptors (Lipinski definition) is 2. The monoisotopic (exact) mass is 516 g/mol. The minimum Gasteiger partial charge on any atom is -0.316 e. The van der Waals surface area contributed by atoms with Crippen LogP contribution < -0.4 is 5.69 Å². The summed E-state index contributed by atoms with van der Waals surface area (Å²) in [6.45, 7) is 7.64. The maximum atomic E-state index is 13.5. The molecule has 0 atom stereocenters. The predicted octanol–water partition coefficient (Wildman–Crippen LogP) is 6.27. The Balaban J connectivity index is 0.00000289. The third-order valence-corrected chi connectivity index (χ3v) is 7.25. The van der Waals surface area contributed by atoms with E-state index in [4.69, 9.17) is 11.6 Å². The summed E-state index contributed by atoms with van der Waals surface area (Å²) in [6.07, 6.45) is 8.09. The van der Waals surface area contributed by atoms with E-state index in [1.165, 1.54) is 23.1 Å². The predicted molar refractivity (Wildman–Crippen MR) is 143 cm³/mol. The van der Waals surface area contributed by atoms with Gasteiger partial charge < -0.3 is 9.47 Å². The average Bonchev–Trinajstić information content (AvgIpc) is 3.39. The van der Waals surface area contributed by atoms with Crippen LogP contribution in [0.4, 0.5) is 4.39 Å². The van der Waals surface area contributed by atoms with Crippen LogP contribution in [0.25, 0.3) is 16.6 Å². The maximum Gasteiger partial charge on any atom is 0.328 e. The molecule has 2 aromatic carbocycles. The van der Waals surface area contributed by atoms with E-state index >= 15 is 0 Å². The van der Waals surface area contributed by atoms with Gasteiger partial charge in [0.25, 0.3) is 0 Å². The van der Waals surface area contributed by atoms with Crippen LogP contribution in [-0.2, 0) is 6.54 Å². The van der Waals surface area contributed by atoms with Crippen LogP contribution in [0.3, 0.4) is 0 Å². The van der Waals surface area contributed by atoms with Crippen molar-refractivity contribution in [3.05, 3.63) is 87.9 Å². The number of likely N-dealkylation sites (tertiary alicyclic amines) is 1. The zero-order valence-corrected chi connectivity index (χ0v) is 21.6. The molecule has 0 aliphatic carbocycles.